The van der Waals surface area contributed by atoms with Gasteiger partial charge in [-0.3, -0.25) is 0 Å². The highest BCUT2D eigenvalue weighted by molar-refractivity contribution is 5.15. The van der Waals surface area contributed by atoms with Crippen molar-refractivity contribution in [3.8, 4) is 0 Å². The number of hydrogen-bond donors (Lipinski definition) is 1. The zero-order valence-electron chi connectivity index (χ0n) is 8.48. The zero-order valence-corrected chi connectivity index (χ0v) is 8.48. The molecular formula is C11H16N2O. The lowest BCUT2D eigenvalue weighted by Gasteiger charge is -2.35. The van der Waals surface area contributed by atoms with E-state index in [1.54, 1.807) is 12.4 Å². The first-order chi connectivity index (χ1) is 6.71. The Morgan fingerprint density at radius 2 is 2.14 bits per heavy atom. The van der Waals surface area contributed by atoms with Gasteiger partial charge in [0.05, 0.1) is 5.60 Å². The second-order valence-corrected chi connectivity index (χ2v) is 4.36. The predicted molar refractivity (Wildman–Crippen MR) is 53.6 cm³/mol. The molecule has 2 unspecified atom stereocenters. The van der Waals surface area contributed by atoms with E-state index >= 15 is 0 Å². The summed E-state index contributed by atoms with van der Waals surface area (Å²) in [5, 5.41) is 10.4. The lowest BCUT2D eigenvalue weighted by molar-refractivity contribution is -0.0184. The summed E-state index contributed by atoms with van der Waals surface area (Å²) >= 11 is 0. The fourth-order valence-corrected chi connectivity index (χ4v) is 2.33. The van der Waals surface area contributed by atoms with Crippen molar-refractivity contribution in [2.75, 3.05) is 0 Å². The van der Waals surface area contributed by atoms with E-state index in [4.69, 9.17) is 0 Å². The Morgan fingerprint density at radius 1 is 1.43 bits per heavy atom. The molecule has 76 valence electrons. The van der Waals surface area contributed by atoms with Crippen LogP contribution in [0.4, 0.5) is 0 Å². The summed E-state index contributed by atoms with van der Waals surface area (Å²) in [6, 6.07) is 0. The van der Waals surface area contributed by atoms with Crippen LogP contribution in [0, 0.1) is 5.92 Å². The van der Waals surface area contributed by atoms with Crippen LogP contribution in [0.25, 0.3) is 0 Å². The summed E-state index contributed by atoms with van der Waals surface area (Å²) in [7, 11) is 0. The largest absolute Gasteiger partial charge is 0.385 e. The van der Waals surface area contributed by atoms with Crippen molar-refractivity contribution in [3.05, 3.63) is 24.3 Å². The molecule has 0 spiro atoms. The van der Waals surface area contributed by atoms with Gasteiger partial charge in [0.15, 0.2) is 0 Å². The van der Waals surface area contributed by atoms with Crippen molar-refractivity contribution in [1.82, 2.24) is 9.97 Å². The van der Waals surface area contributed by atoms with Gasteiger partial charge >= 0.3 is 0 Å². The Balaban J connectivity index is 2.23. The number of nitrogens with zero attached hydrogens (tertiary/aromatic N) is 2. The van der Waals surface area contributed by atoms with Crippen LogP contribution in [-0.4, -0.2) is 15.1 Å². The van der Waals surface area contributed by atoms with Crippen LogP contribution >= 0.6 is 0 Å². The molecule has 1 aliphatic rings. The smallest absolute Gasteiger partial charge is 0.115 e. The minimum Gasteiger partial charge on any atom is -0.385 e. The lowest BCUT2D eigenvalue weighted by Crippen LogP contribution is -2.32. The summed E-state index contributed by atoms with van der Waals surface area (Å²) in [5.74, 6) is 0.592. The summed E-state index contributed by atoms with van der Waals surface area (Å²) < 4.78 is 0. The fourth-order valence-electron chi connectivity index (χ4n) is 2.33. The predicted octanol–water partition coefficient (Wildman–Crippen LogP) is 1.87. The van der Waals surface area contributed by atoms with Crippen molar-refractivity contribution >= 4 is 0 Å². The van der Waals surface area contributed by atoms with Gasteiger partial charge in [0.1, 0.15) is 6.33 Å². The first-order valence-electron chi connectivity index (χ1n) is 5.18. The van der Waals surface area contributed by atoms with Gasteiger partial charge in [0, 0.05) is 18.0 Å². The number of hydrogen-bond acceptors (Lipinski definition) is 3. The maximum Gasteiger partial charge on any atom is 0.115 e. The Hall–Kier alpha value is -0.960. The van der Waals surface area contributed by atoms with E-state index in [0.717, 1.165) is 24.8 Å². The Kier molecular flexibility index (Phi) is 2.50. The quantitative estimate of drug-likeness (QED) is 0.739. The maximum absolute atomic E-state index is 10.4. The van der Waals surface area contributed by atoms with Crippen molar-refractivity contribution in [2.45, 2.75) is 38.2 Å². The van der Waals surface area contributed by atoms with Crippen LogP contribution in [0.1, 0.15) is 38.2 Å². The van der Waals surface area contributed by atoms with Gasteiger partial charge in [-0.2, -0.15) is 0 Å². The van der Waals surface area contributed by atoms with E-state index in [9.17, 15) is 5.11 Å². The summed E-state index contributed by atoms with van der Waals surface area (Å²) in [4.78, 5) is 7.92. The number of rotatable bonds is 1. The lowest BCUT2D eigenvalue weighted by atomic mass is 9.76. The van der Waals surface area contributed by atoms with Gasteiger partial charge in [-0.25, -0.2) is 9.97 Å². The van der Waals surface area contributed by atoms with E-state index in [0.29, 0.717) is 5.92 Å². The van der Waals surface area contributed by atoms with Crippen LogP contribution in [0.2, 0.25) is 0 Å². The van der Waals surface area contributed by atoms with Gasteiger partial charge in [-0.1, -0.05) is 13.3 Å². The highest BCUT2D eigenvalue weighted by Gasteiger charge is 2.34. The third-order valence-electron chi connectivity index (χ3n) is 3.07. The molecule has 3 nitrogen and oxygen atoms in total. The molecule has 14 heavy (non-hydrogen) atoms. The van der Waals surface area contributed by atoms with Gasteiger partial charge < -0.3 is 5.11 Å². The second kappa shape index (κ2) is 3.65. The molecule has 3 heteroatoms. The van der Waals surface area contributed by atoms with Crippen molar-refractivity contribution in [1.29, 1.82) is 0 Å². The SMILES string of the molecule is CC1CCCC(O)(c2cncnc2)C1. The number of aromatic nitrogens is 2. The van der Waals surface area contributed by atoms with E-state index < -0.39 is 5.60 Å². The van der Waals surface area contributed by atoms with Crippen molar-refractivity contribution < 1.29 is 5.11 Å². The molecule has 2 rings (SSSR count). The molecule has 1 N–H and O–H groups in total. The average molecular weight is 192 g/mol. The first kappa shape index (κ1) is 9.59. The molecule has 0 bridgehead atoms. The molecule has 1 aromatic rings. The standard InChI is InChI=1S/C11H16N2O/c1-9-3-2-4-11(14,5-9)10-6-12-8-13-7-10/h6-9,14H,2-5H2,1H3. The molecule has 2 atom stereocenters. The van der Waals surface area contributed by atoms with Crippen molar-refractivity contribution in [3.63, 3.8) is 0 Å². The first-order valence-corrected chi connectivity index (χ1v) is 5.18. The molecule has 1 fully saturated rings. The molecule has 1 heterocycles. The topological polar surface area (TPSA) is 46.0 Å². The van der Waals surface area contributed by atoms with Gasteiger partial charge in [-0.05, 0) is 25.2 Å². The highest BCUT2D eigenvalue weighted by Crippen LogP contribution is 2.38. The van der Waals surface area contributed by atoms with Crippen LogP contribution in [0.3, 0.4) is 0 Å². The molecular weight excluding hydrogens is 176 g/mol. The molecule has 0 saturated heterocycles. The summed E-state index contributed by atoms with van der Waals surface area (Å²) in [6.07, 6.45) is 8.93. The van der Waals surface area contributed by atoms with Crippen LogP contribution in [-0.2, 0) is 5.60 Å². The summed E-state index contributed by atoms with van der Waals surface area (Å²) in [5.41, 5.74) is 0.186. The van der Waals surface area contributed by atoms with Crippen LogP contribution < -0.4 is 0 Å². The second-order valence-electron chi connectivity index (χ2n) is 4.36. The molecule has 0 aliphatic heterocycles. The fraction of sp³-hybridized carbons (Fsp3) is 0.636. The van der Waals surface area contributed by atoms with Gasteiger partial charge in [0.2, 0.25) is 0 Å². The van der Waals surface area contributed by atoms with E-state index in [2.05, 4.69) is 16.9 Å². The molecule has 1 aliphatic carbocycles. The van der Waals surface area contributed by atoms with Crippen LogP contribution in [0.5, 0.6) is 0 Å². The minimum absolute atomic E-state index is 0.592. The maximum atomic E-state index is 10.4. The van der Waals surface area contributed by atoms with E-state index in [-0.39, 0.29) is 0 Å². The summed E-state index contributed by atoms with van der Waals surface area (Å²) in [6.45, 7) is 2.19. The Labute approximate surface area is 84.2 Å². The highest BCUT2D eigenvalue weighted by atomic mass is 16.3. The molecule has 0 aromatic carbocycles. The Bertz CT molecular complexity index is 301. The van der Waals surface area contributed by atoms with E-state index in [1.807, 2.05) is 0 Å². The number of aliphatic hydroxyl groups is 1. The average Bonchev–Trinajstić information content (AvgIpc) is 2.19. The van der Waals surface area contributed by atoms with Crippen molar-refractivity contribution in [2.24, 2.45) is 5.92 Å². The van der Waals surface area contributed by atoms with Crippen LogP contribution in [0.15, 0.2) is 18.7 Å². The molecule has 0 amide bonds. The third kappa shape index (κ3) is 1.77. The van der Waals surface area contributed by atoms with E-state index in [1.165, 1.54) is 12.7 Å². The van der Waals surface area contributed by atoms with Gasteiger partial charge in [-0.15, -0.1) is 0 Å². The normalized spacial score (nSPS) is 32.9. The van der Waals surface area contributed by atoms with Gasteiger partial charge in [0.25, 0.3) is 0 Å². The molecule has 0 radical (unpaired) electrons. The zero-order chi connectivity index (χ0) is 10.0. The monoisotopic (exact) mass is 192 g/mol. The molecule has 1 aromatic heterocycles. The third-order valence-corrected chi connectivity index (χ3v) is 3.07. The Morgan fingerprint density at radius 3 is 2.79 bits per heavy atom. The molecule has 1 saturated carbocycles. The minimum atomic E-state index is -0.682.